The summed E-state index contributed by atoms with van der Waals surface area (Å²) in [6, 6.07) is 0. The van der Waals surface area contributed by atoms with Crippen LogP contribution in [-0.4, -0.2) is 164 Å². The number of esters is 4. The van der Waals surface area contributed by atoms with Gasteiger partial charge in [0.25, 0.3) is 5.91 Å². The second kappa shape index (κ2) is 58.6. The molecule has 0 bridgehead atoms. The molecule has 1 heterocycles. The predicted octanol–water partition coefficient (Wildman–Crippen LogP) is -0.730. The second-order valence-electron chi connectivity index (χ2n) is 11.5. The van der Waals surface area contributed by atoms with Crippen LogP contribution < -0.4 is 31.5 Å². The van der Waals surface area contributed by atoms with Gasteiger partial charge in [0.05, 0.1) is 13.2 Å². The number of carbonyl (C=O) groups excluding carboxylic acids is 5. The molecule has 0 saturated carbocycles. The quantitative estimate of drug-likeness (QED) is 0.0145. The Morgan fingerprint density at radius 2 is 1.03 bits per heavy atom. The normalized spacial score (nSPS) is 11.1. The van der Waals surface area contributed by atoms with Crippen LogP contribution in [-0.2, 0) is 57.2 Å². The number of ether oxygens (including phenoxy) is 6. The van der Waals surface area contributed by atoms with Crippen LogP contribution in [0.3, 0.4) is 0 Å². The highest BCUT2D eigenvalue weighted by atomic mass is 32.1. The van der Waals surface area contributed by atoms with Gasteiger partial charge in [0, 0.05) is 13.2 Å². The number of hydrogen-bond acceptors (Lipinski definition) is 21. The maximum absolute atomic E-state index is 11.1. The third-order valence-electron chi connectivity index (χ3n) is 6.31. The maximum atomic E-state index is 11.1. The van der Waals surface area contributed by atoms with Crippen LogP contribution in [0.4, 0.5) is 0 Å². The van der Waals surface area contributed by atoms with E-state index in [1.807, 2.05) is 21.1 Å². The van der Waals surface area contributed by atoms with Crippen molar-refractivity contribution in [3.63, 3.8) is 0 Å². The molecule has 0 aromatic carbocycles. The van der Waals surface area contributed by atoms with E-state index in [-0.39, 0.29) is 33.0 Å². The molecule has 0 atom stereocenters. The fourth-order valence-electron chi connectivity index (χ4n) is 3.52. The number of nitrogens with two attached hydrogens (primary N) is 2. The van der Waals surface area contributed by atoms with Gasteiger partial charge in [-0.25, -0.2) is 24.0 Å². The molecule has 346 valence electrons. The fourth-order valence-corrected chi connectivity index (χ4v) is 3.59. The molecular formula is C35H74N6O15S2. The topological polar surface area (TPSA) is 319 Å². The Balaban J connectivity index is -0.000000209. The van der Waals surface area contributed by atoms with Crippen LogP contribution in [0.15, 0.2) is 0 Å². The van der Waals surface area contributed by atoms with Crippen LogP contribution >= 0.6 is 25.6 Å². The molecule has 1 amide bonds. The molecule has 1 aliphatic rings. The summed E-state index contributed by atoms with van der Waals surface area (Å²) < 4.78 is 29.7. The van der Waals surface area contributed by atoms with E-state index in [0.29, 0.717) is 26.4 Å². The summed E-state index contributed by atoms with van der Waals surface area (Å²) in [4.78, 5) is 63.0. The fraction of sp³-hybridized carbons (Fsp3) is 0.829. The number of aliphatic carboxylic acids is 1. The van der Waals surface area contributed by atoms with Crippen molar-refractivity contribution in [1.82, 2.24) is 20.7 Å². The average Bonchev–Trinajstić information content (AvgIpc) is 3.21. The van der Waals surface area contributed by atoms with Crippen LogP contribution in [0.2, 0.25) is 0 Å². The first-order chi connectivity index (χ1) is 28.0. The molecule has 0 spiro atoms. The van der Waals surface area contributed by atoms with Crippen LogP contribution in [0, 0.1) is 0 Å². The van der Waals surface area contributed by atoms with Crippen LogP contribution in [0.5, 0.6) is 0 Å². The number of hydrogen-bond donors (Lipinski definition) is 11. The second-order valence-corrected chi connectivity index (χ2v) is 11.7. The smallest absolute Gasteiger partial charge is 0.339 e. The molecule has 0 aliphatic carbocycles. The number of aliphatic hydroxyl groups is 2. The Hall–Kier alpha value is -2.68. The lowest BCUT2D eigenvalue weighted by Gasteiger charge is -2.07. The first-order valence-electron chi connectivity index (χ1n) is 19.0. The number of nitrogens with one attached hydrogen (secondary N) is 4. The highest BCUT2D eigenvalue weighted by molar-refractivity contribution is 7.78. The minimum atomic E-state index is -1.10. The molecule has 0 aromatic heterocycles. The molecule has 1 rings (SSSR count). The van der Waals surface area contributed by atoms with Gasteiger partial charge in [0.15, 0.2) is 0 Å². The van der Waals surface area contributed by atoms with Crippen molar-refractivity contribution in [2.45, 2.75) is 77.0 Å². The number of aliphatic hydroxyl groups excluding tert-OH is 2. The minimum Gasteiger partial charge on any atom is -0.480 e. The van der Waals surface area contributed by atoms with Crippen molar-refractivity contribution in [2.24, 2.45) is 10.9 Å². The molecule has 23 heteroatoms. The summed E-state index contributed by atoms with van der Waals surface area (Å²) in [5, 5.41) is 38.1. The summed E-state index contributed by atoms with van der Waals surface area (Å²) in [5.74, 6) is -3.68. The van der Waals surface area contributed by atoms with Crippen molar-refractivity contribution < 1.29 is 72.5 Å². The molecular weight excluding hydrogens is 809 g/mol. The summed E-state index contributed by atoms with van der Waals surface area (Å²) in [5.41, 5.74) is 5.19. The summed E-state index contributed by atoms with van der Waals surface area (Å²) in [7, 11) is 5.73. The Kier molecular flexibility index (Phi) is 65.2. The van der Waals surface area contributed by atoms with Gasteiger partial charge in [-0.05, 0) is 124 Å². The molecule has 1 saturated heterocycles. The number of amides is 1. The Labute approximate surface area is 355 Å². The largest absolute Gasteiger partial charge is 0.480 e. The Morgan fingerprint density at radius 3 is 1.36 bits per heavy atom. The molecule has 11 N–H and O–H groups in total. The first kappa shape index (κ1) is 64.5. The van der Waals surface area contributed by atoms with E-state index in [4.69, 9.17) is 35.3 Å². The van der Waals surface area contributed by atoms with E-state index in [0.717, 1.165) is 96.8 Å². The van der Waals surface area contributed by atoms with E-state index < -0.39 is 42.4 Å². The number of carbonyl (C=O) groups is 6. The lowest BCUT2D eigenvalue weighted by atomic mass is 10.2. The van der Waals surface area contributed by atoms with Crippen LogP contribution in [0.1, 0.15) is 77.0 Å². The zero-order chi connectivity index (χ0) is 44.9. The monoisotopic (exact) mass is 882 g/mol. The molecule has 21 nitrogen and oxygen atoms in total. The first-order valence-corrected chi connectivity index (χ1v) is 20.0. The number of rotatable bonds is 29. The lowest BCUT2D eigenvalue weighted by molar-refractivity contribution is -0.174. The van der Waals surface area contributed by atoms with Crippen molar-refractivity contribution in [1.29, 1.82) is 0 Å². The highest BCUT2D eigenvalue weighted by Gasteiger charge is 2.16. The van der Waals surface area contributed by atoms with E-state index >= 15 is 0 Å². The van der Waals surface area contributed by atoms with Crippen molar-refractivity contribution >= 4 is 61.4 Å². The minimum absolute atomic E-state index is 0.105. The zero-order valence-electron chi connectivity index (χ0n) is 34.7. The maximum Gasteiger partial charge on any atom is 0.339 e. The number of carboxylic acids is 1. The Bertz CT molecular complexity index is 925. The Morgan fingerprint density at radius 1 is 0.638 bits per heavy atom. The third-order valence-corrected chi connectivity index (χ3v) is 6.56. The van der Waals surface area contributed by atoms with Gasteiger partial charge < -0.3 is 70.1 Å². The van der Waals surface area contributed by atoms with E-state index in [1.54, 1.807) is 0 Å². The predicted molar refractivity (Wildman–Crippen MR) is 224 cm³/mol. The van der Waals surface area contributed by atoms with Gasteiger partial charge in [-0.1, -0.05) is 12.8 Å². The van der Waals surface area contributed by atoms with E-state index in [2.05, 4.69) is 65.7 Å². The average molecular weight is 883 g/mol. The molecule has 58 heavy (non-hydrogen) atoms. The van der Waals surface area contributed by atoms with Gasteiger partial charge in [-0.15, -0.1) is 12.8 Å². The number of thiol groups is 2. The number of cyclic esters (lactones) is 2. The molecule has 0 aromatic rings. The molecule has 1 aliphatic heterocycles. The number of unbranched alkanes of at least 4 members (excludes halogenated alkanes) is 8. The van der Waals surface area contributed by atoms with Gasteiger partial charge in [-0.2, -0.15) is 0 Å². The lowest BCUT2D eigenvalue weighted by Crippen LogP contribution is -2.28. The third kappa shape index (κ3) is 68.0. The van der Waals surface area contributed by atoms with Gasteiger partial charge in [0.1, 0.15) is 39.6 Å². The van der Waals surface area contributed by atoms with Gasteiger partial charge >= 0.3 is 29.8 Å². The van der Waals surface area contributed by atoms with Crippen molar-refractivity contribution in [3.05, 3.63) is 0 Å². The van der Waals surface area contributed by atoms with Crippen molar-refractivity contribution in [3.8, 4) is 0 Å². The van der Waals surface area contributed by atoms with Gasteiger partial charge in [-0.3, -0.25) is 9.93 Å². The van der Waals surface area contributed by atoms with Gasteiger partial charge in [0.2, 0.25) is 0 Å². The van der Waals surface area contributed by atoms with E-state index in [9.17, 15) is 28.8 Å². The summed E-state index contributed by atoms with van der Waals surface area (Å²) in [6.07, 6.45) is 12.0. The molecule has 0 unspecified atom stereocenters. The molecule has 0 radical (unpaired) electrons. The standard InChI is InChI=1S/C10H20N2O4S.C10H19NO5.C6H15NO.C5H13NO.C4H4O4.H3NS/c1-11-5-3-2-4-6-16-10(14)8-15-7-9(13)12-17;1-11-5-3-2-4-6-16-10(14)8-15-7-9(12)13;1-7-5-3-2-4-6-8;6-4-2-1-3-5-7;5-3-1-7-2-4(6)8-3;1-2/h11,17H,2-8H2,1H3,(H,12,13);11H,2-8H2,1H3,(H,12,13);7-8H,2-6H2,1H3;7H,1-6H2;1-2H2;2H,1H2. The van der Waals surface area contributed by atoms with E-state index in [1.165, 1.54) is 6.42 Å². The zero-order valence-corrected chi connectivity index (χ0v) is 36.5. The highest BCUT2D eigenvalue weighted by Crippen LogP contribution is 1.97. The van der Waals surface area contributed by atoms with Crippen molar-refractivity contribution in [2.75, 3.05) is 113 Å². The summed E-state index contributed by atoms with van der Waals surface area (Å²) in [6.45, 7) is 3.75. The summed E-state index contributed by atoms with van der Waals surface area (Å²) >= 11 is 6.56. The number of carboxylic acid groups (broad SMARTS) is 1. The molecule has 1 fully saturated rings. The SMILES string of the molecule is CNCCCCCO.CNCCCCCOC(=O)COCC(=O)NS.CNCCCCCOC(=O)COCC(=O)O.NCCCCCO.NS.O=C1COCC(=O)O1. The van der Waals surface area contributed by atoms with Crippen LogP contribution in [0.25, 0.3) is 0 Å².